The van der Waals surface area contributed by atoms with E-state index in [1.165, 1.54) is 11.1 Å². The van der Waals surface area contributed by atoms with Crippen LogP contribution in [-0.2, 0) is 0 Å². The predicted octanol–water partition coefficient (Wildman–Crippen LogP) is 11.8. The van der Waals surface area contributed by atoms with E-state index >= 15 is 0 Å². The first-order valence-corrected chi connectivity index (χ1v) is 17.3. The third kappa shape index (κ3) is 5.61. The van der Waals surface area contributed by atoms with Crippen LogP contribution in [0.25, 0.3) is 83.1 Å². The molecule has 0 bridgehead atoms. The minimum absolute atomic E-state index is 0.815. The van der Waals surface area contributed by atoms with E-state index in [4.69, 9.17) is 24.9 Å². The number of aromatic nitrogens is 4. The van der Waals surface area contributed by atoms with E-state index < -0.39 is 0 Å². The topological polar surface area (TPSA) is 63.9 Å². The Labute approximate surface area is 292 Å². The van der Waals surface area contributed by atoms with Crippen LogP contribution in [0.15, 0.2) is 132 Å². The molecule has 0 saturated carbocycles. The summed E-state index contributed by atoms with van der Waals surface area (Å²) >= 11 is 0. The van der Waals surface area contributed by atoms with Crippen LogP contribution in [0.4, 0.5) is 0 Å². The molecule has 50 heavy (non-hydrogen) atoms. The van der Waals surface area contributed by atoms with E-state index in [1.807, 2.05) is 19.2 Å². The quantitative estimate of drug-likeness (QED) is 0.0981. The summed E-state index contributed by atoms with van der Waals surface area (Å²) in [6.07, 6.45) is 3.92. The summed E-state index contributed by atoms with van der Waals surface area (Å²) in [5, 5.41) is 4.31. The second-order valence-corrected chi connectivity index (χ2v) is 12.8. The van der Waals surface area contributed by atoms with E-state index in [0.717, 1.165) is 102 Å². The average molecular weight is 648 g/mol. The van der Waals surface area contributed by atoms with Crippen LogP contribution < -0.4 is 0 Å². The molecule has 0 unspecified atom stereocenters. The van der Waals surface area contributed by atoms with Gasteiger partial charge in [0.25, 0.3) is 0 Å². The van der Waals surface area contributed by atoms with Gasteiger partial charge in [-0.1, -0.05) is 98.3 Å². The van der Waals surface area contributed by atoms with Crippen LogP contribution in [0.1, 0.15) is 44.9 Å². The summed E-state index contributed by atoms with van der Waals surface area (Å²) in [6.45, 7) is 8.41. The van der Waals surface area contributed by atoms with Gasteiger partial charge in [0, 0.05) is 38.9 Å². The monoisotopic (exact) mass is 647 g/mol. The molecule has 4 heterocycles. The number of hydrogen-bond donors (Lipinski definition) is 0. The number of pyridine rings is 4. The zero-order valence-corrected chi connectivity index (χ0v) is 28.8. The Kier molecular flexibility index (Phi) is 8.17. The molecule has 5 heteroatoms. The fourth-order valence-corrected chi connectivity index (χ4v) is 6.95. The van der Waals surface area contributed by atoms with Crippen molar-refractivity contribution in [2.45, 2.75) is 40.5 Å². The molecule has 5 nitrogen and oxygen atoms in total. The Morgan fingerprint density at radius 1 is 0.620 bits per heavy atom. The van der Waals surface area contributed by atoms with Crippen LogP contribution >= 0.6 is 0 Å². The Bertz CT molecular complexity index is 2640. The van der Waals surface area contributed by atoms with Crippen molar-refractivity contribution in [2.75, 3.05) is 0 Å². The van der Waals surface area contributed by atoms with Gasteiger partial charge in [0.2, 0.25) is 0 Å². The van der Waals surface area contributed by atoms with E-state index in [-0.39, 0.29) is 0 Å². The largest absolute Gasteiger partial charge is 0.259 e. The molecule has 8 aromatic rings. The molecule has 0 saturated heterocycles. The normalized spacial score (nSPS) is 12.4. The summed E-state index contributed by atoms with van der Waals surface area (Å²) in [6, 6.07) is 42.2. The molecule has 0 aliphatic heterocycles. The molecule has 242 valence electrons. The van der Waals surface area contributed by atoms with Gasteiger partial charge in [0.15, 0.2) is 0 Å². The molecule has 0 N–H and O–H groups in total. The lowest BCUT2D eigenvalue weighted by atomic mass is 9.95. The number of aryl methyl sites for hydroxylation is 1. The maximum Gasteiger partial charge on any atom is 0.0978 e. The van der Waals surface area contributed by atoms with Crippen molar-refractivity contribution in [1.29, 1.82) is 0 Å². The predicted molar refractivity (Wildman–Crippen MR) is 210 cm³/mol. The van der Waals surface area contributed by atoms with Gasteiger partial charge in [0.1, 0.15) is 0 Å². The van der Waals surface area contributed by atoms with Crippen LogP contribution in [0.3, 0.4) is 0 Å². The van der Waals surface area contributed by atoms with Gasteiger partial charge >= 0.3 is 0 Å². The summed E-state index contributed by atoms with van der Waals surface area (Å²) in [7, 11) is 0. The first kappa shape index (κ1) is 31.2. The van der Waals surface area contributed by atoms with Gasteiger partial charge in [-0.2, -0.15) is 0 Å². The second-order valence-electron chi connectivity index (χ2n) is 12.8. The number of hydrogen-bond acceptors (Lipinski definition) is 5. The molecule has 0 fully saturated rings. The molecule has 0 atom stereocenters. The highest BCUT2D eigenvalue weighted by Crippen LogP contribution is 2.38. The van der Waals surface area contributed by atoms with Crippen LogP contribution in [0, 0.1) is 6.92 Å². The Morgan fingerprint density at radius 2 is 1.36 bits per heavy atom. The highest BCUT2D eigenvalue weighted by atomic mass is 14.8. The van der Waals surface area contributed by atoms with Crippen molar-refractivity contribution >= 4 is 55.5 Å². The van der Waals surface area contributed by atoms with Gasteiger partial charge in [-0.25, -0.2) is 19.9 Å². The van der Waals surface area contributed by atoms with Gasteiger partial charge in [-0.3, -0.25) is 4.99 Å². The highest BCUT2D eigenvalue weighted by Gasteiger charge is 2.16. The smallest absolute Gasteiger partial charge is 0.0978 e. The average Bonchev–Trinajstić information content (AvgIpc) is 3.16. The zero-order chi connectivity index (χ0) is 34.2. The van der Waals surface area contributed by atoms with Crippen LogP contribution in [0.5, 0.6) is 0 Å². The van der Waals surface area contributed by atoms with Gasteiger partial charge in [-0.05, 0) is 80.3 Å². The first-order chi connectivity index (χ1) is 24.5. The SMILES string of the molecule is CC=N/C(=C(\C)CCC)c1nc(-c2ccc3nc(-c4ccc5ccc6c(-c7ccccc7)c7ccccc7nc6c5n4)ccc3c2)ccc1C. The molecular weight excluding hydrogens is 611 g/mol. The number of fused-ring (bicyclic) bond motifs is 5. The number of nitrogens with zero attached hydrogens (tertiary/aromatic N) is 5. The summed E-state index contributed by atoms with van der Waals surface area (Å²) in [5.41, 5.74) is 13.8. The van der Waals surface area contributed by atoms with Crippen molar-refractivity contribution < 1.29 is 0 Å². The Hall–Kier alpha value is -6.07. The Morgan fingerprint density at radius 3 is 2.18 bits per heavy atom. The van der Waals surface area contributed by atoms with Gasteiger partial charge < -0.3 is 0 Å². The van der Waals surface area contributed by atoms with Gasteiger partial charge in [-0.15, -0.1) is 0 Å². The molecule has 0 aliphatic carbocycles. The van der Waals surface area contributed by atoms with Crippen molar-refractivity contribution in [3.63, 3.8) is 0 Å². The minimum atomic E-state index is 0.815. The number of aliphatic imine (C=N–C) groups is 1. The van der Waals surface area contributed by atoms with Crippen molar-refractivity contribution in [2.24, 2.45) is 4.99 Å². The zero-order valence-electron chi connectivity index (χ0n) is 28.8. The molecule has 0 aliphatic rings. The third-order valence-electron chi connectivity index (χ3n) is 9.43. The van der Waals surface area contributed by atoms with Crippen molar-refractivity contribution in [3.05, 3.63) is 138 Å². The summed E-state index contributed by atoms with van der Waals surface area (Å²) in [4.78, 5) is 25.3. The molecule has 0 spiro atoms. The molecule has 4 aromatic heterocycles. The first-order valence-electron chi connectivity index (χ1n) is 17.3. The highest BCUT2D eigenvalue weighted by molar-refractivity contribution is 6.16. The number of benzene rings is 4. The van der Waals surface area contributed by atoms with Crippen LogP contribution in [0.2, 0.25) is 0 Å². The lowest BCUT2D eigenvalue weighted by molar-refractivity contribution is 0.903. The van der Waals surface area contributed by atoms with E-state index in [2.05, 4.69) is 136 Å². The molecule has 0 radical (unpaired) electrons. The van der Waals surface area contributed by atoms with Crippen LogP contribution in [-0.4, -0.2) is 26.2 Å². The standard InChI is InChI=1S/C45H37N5/c1-5-12-28(3)42(46-6-2)43-29(4)17-23-37(48-43)33-20-24-36-32(27-33)21-26-39(47-36)40-25-19-31-18-22-35-41(30-13-8-7-9-14-30)34-15-10-11-16-38(34)49-45(35)44(31)50-40/h6-11,13-27H,5,12H2,1-4H3/b42-28+,46-6?. The fourth-order valence-electron chi connectivity index (χ4n) is 6.95. The van der Waals surface area contributed by atoms with E-state index in [9.17, 15) is 0 Å². The summed E-state index contributed by atoms with van der Waals surface area (Å²) < 4.78 is 0. The number of para-hydroxylation sites is 1. The minimum Gasteiger partial charge on any atom is -0.259 e. The molecule has 8 rings (SSSR count). The lowest BCUT2D eigenvalue weighted by Crippen LogP contribution is -1.98. The summed E-state index contributed by atoms with van der Waals surface area (Å²) in [5.74, 6) is 0. The number of rotatable bonds is 7. The van der Waals surface area contributed by atoms with Crippen molar-refractivity contribution in [3.8, 4) is 33.8 Å². The maximum atomic E-state index is 5.21. The van der Waals surface area contributed by atoms with Gasteiger partial charge in [0.05, 0.1) is 50.5 Å². The number of allylic oxidation sites excluding steroid dienone is 1. The molecule has 4 aromatic carbocycles. The molecular formula is C45H37N5. The van der Waals surface area contributed by atoms with Crippen molar-refractivity contribution in [1.82, 2.24) is 19.9 Å². The van der Waals surface area contributed by atoms with E-state index in [1.54, 1.807) is 0 Å². The molecule has 0 amide bonds. The Balaban J connectivity index is 1.21. The lowest BCUT2D eigenvalue weighted by Gasteiger charge is -2.13. The maximum absolute atomic E-state index is 5.21. The second kappa shape index (κ2) is 13.1. The third-order valence-corrected chi connectivity index (χ3v) is 9.43. The van der Waals surface area contributed by atoms with E-state index in [0.29, 0.717) is 0 Å². The fraction of sp³-hybridized carbons (Fsp3) is 0.133.